The van der Waals surface area contributed by atoms with Gasteiger partial charge in [-0.1, -0.05) is 40.5 Å². The van der Waals surface area contributed by atoms with Crippen molar-refractivity contribution in [3.63, 3.8) is 0 Å². The molecule has 27 heavy (non-hydrogen) atoms. The number of hydrogen-bond acceptors (Lipinski definition) is 5. The van der Waals surface area contributed by atoms with Gasteiger partial charge in [-0.3, -0.25) is 10.1 Å². The molecule has 0 bridgehead atoms. The number of anilines is 1. The number of carbonyl (C=O) groups is 1. The lowest BCUT2D eigenvalue weighted by molar-refractivity contribution is -0.116. The van der Waals surface area contributed by atoms with Crippen LogP contribution in [0.1, 0.15) is 29.5 Å². The minimum atomic E-state index is -0.115. The quantitative estimate of drug-likeness (QED) is 0.451. The number of amides is 1. The van der Waals surface area contributed by atoms with E-state index in [1.54, 1.807) is 11.8 Å². The lowest BCUT2D eigenvalue weighted by Crippen LogP contribution is -2.11. The number of aromatic nitrogens is 2. The molecular weight excluding hydrogens is 358 g/mol. The molecular formula is C21H23N3O2S. The second-order valence-corrected chi connectivity index (χ2v) is 7.71. The van der Waals surface area contributed by atoms with E-state index in [1.807, 2.05) is 32.0 Å². The number of nitrogens with zero attached hydrogens (tertiary/aromatic N) is 2. The van der Waals surface area contributed by atoms with Crippen LogP contribution in [0.5, 0.6) is 0 Å². The number of carbonyl (C=O) groups excluding carboxylic acids is 1. The fraction of sp³-hybridized carbons (Fsp3) is 0.286. The van der Waals surface area contributed by atoms with E-state index >= 15 is 0 Å². The van der Waals surface area contributed by atoms with Gasteiger partial charge in [-0.05, 0) is 56.7 Å². The molecule has 0 unspecified atom stereocenters. The molecule has 0 aliphatic heterocycles. The van der Waals surface area contributed by atoms with Crippen molar-refractivity contribution in [1.29, 1.82) is 0 Å². The van der Waals surface area contributed by atoms with Gasteiger partial charge in [0.25, 0.3) is 0 Å². The Morgan fingerprint density at radius 1 is 1.04 bits per heavy atom. The van der Waals surface area contributed by atoms with Gasteiger partial charge in [0.2, 0.25) is 11.8 Å². The summed E-state index contributed by atoms with van der Waals surface area (Å²) in [5, 5.41) is 10.7. The van der Waals surface area contributed by atoms with Gasteiger partial charge in [0.15, 0.2) is 0 Å². The van der Waals surface area contributed by atoms with E-state index in [0.29, 0.717) is 12.3 Å². The van der Waals surface area contributed by atoms with Crippen LogP contribution in [0.2, 0.25) is 0 Å². The monoisotopic (exact) mass is 381 g/mol. The van der Waals surface area contributed by atoms with Crippen molar-refractivity contribution in [3.05, 3.63) is 59.2 Å². The first-order chi connectivity index (χ1) is 13.0. The molecule has 0 fully saturated rings. The maximum atomic E-state index is 12.1. The zero-order valence-corrected chi connectivity index (χ0v) is 16.6. The van der Waals surface area contributed by atoms with Crippen LogP contribution in [0.15, 0.2) is 51.8 Å². The highest BCUT2D eigenvalue weighted by Crippen LogP contribution is 2.25. The van der Waals surface area contributed by atoms with Crippen LogP contribution in [-0.2, 0) is 4.79 Å². The summed E-state index contributed by atoms with van der Waals surface area (Å²) in [4.78, 5) is 13.3. The number of nitrogens with one attached hydrogen (secondary N) is 1. The van der Waals surface area contributed by atoms with Crippen molar-refractivity contribution in [2.45, 2.75) is 38.5 Å². The smallest absolute Gasteiger partial charge is 0.322 e. The van der Waals surface area contributed by atoms with Crippen LogP contribution in [0.25, 0.3) is 11.5 Å². The average Bonchev–Trinajstić information content (AvgIpc) is 3.10. The largest absolute Gasteiger partial charge is 0.403 e. The topological polar surface area (TPSA) is 68.0 Å². The zero-order chi connectivity index (χ0) is 19.2. The molecule has 3 aromatic rings. The highest BCUT2D eigenvalue weighted by Gasteiger charge is 2.13. The average molecular weight is 382 g/mol. The fourth-order valence-electron chi connectivity index (χ4n) is 2.59. The Kier molecular flexibility index (Phi) is 6.29. The van der Waals surface area contributed by atoms with Gasteiger partial charge >= 0.3 is 6.01 Å². The van der Waals surface area contributed by atoms with Crippen LogP contribution in [-0.4, -0.2) is 21.9 Å². The molecule has 0 aliphatic rings. The molecule has 0 spiro atoms. The molecule has 6 heteroatoms. The normalized spacial score (nSPS) is 10.8. The minimum Gasteiger partial charge on any atom is -0.403 e. The Morgan fingerprint density at radius 2 is 1.78 bits per heavy atom. The van der Waals surface area contributed by atoms with Crippen LogP contribution < -0.4 is 5.32 Å². The van der Waals surface area contributed by atoms with Gasteiger partial charge < -0.3 is 4.42 Å². The van der Waals surface area contributed by atoms with E-state index in [0.717, 1.165) is 28.9 Å². The molecule has 1 aromatic heterocycles. The minimum absolute atomic E-state index is 0.115. The molecule has 2 aromatic carbocycles. The molecule has 0 saturated carbocycles. The maximum Gasteiger partial charge on any atom is 0.322 e. The highest BCUT2D eigenvalue weighted by atomic mass is 32.2. The predicted octanol–water partition coefficient (Wildman–Crippen LogP) is 5.17. The van der Waals surface area contributed by atoms with Crippen LogP contribution in [0.4, 0.5) is 6.01 Å². The number of rotatable bonds is 7. The van der Waals surface area contributed by atoms with Crippen molar-refractivity contribution < 1.29 is 9.21 Å². The van der Waals surface area contributed by atoms with Gasteiger partial charge in [0, 0.05) is 16.9 Å². The van der Waals surface area contributed by atoms with Crippen molar-refractivity contribution in [2.24, 2.45) is 0 Å². The van der Waals surface area contributed by atoms with E-state index in [9.17, 15) is 4.79 Å². The van der Waals surface area contributed by atoms with Gasteiger partial charge in [-0.25, -0.2) is 0 Å². The van der Waals surface area contributed by atoms with Crippen molar-refractivity contribution in [1.82, 2.24) is 10.2 Å². The fourth-order valence-corrected chi connectivity index (χ4v) is 3.44. The van der Waals surface area contributed by atoms with Crippen molar-refractivity contribution in [2.75, 3.05) is 11.1 Å². The lowest BCUT2D eigenvalue weighted by Gasteiger charge is -2.03. The number of aryl methyl sites for hydroxylation is 3. The Morgan fingerprint density at radius 3 is 2.56 bits per heavy atom. The molecule has 1 amide bonds. The second-order valence-electron chi connectivity index (χ2n) is 6.54. The molecule has 5 nitrogen and oxygen atoms in total. The highest BCUT2D eigenvalue weighted by molar-refractivity contribution is 7.99. The van der Waals surface area contributed by atoms with E-state index in [-0.39, 0.29) is 11.9 Å². The number of thioether (sulfide) groups is 1. The third-order valence-electron chi connectivity index (χ3n) is 4.13. The van der Waals surface area contributed by atoms with E-state index in [1.165, 1.54) is 10.5 Å². The molecule has 0 saturated heterocycles. The zero-order valence-electron chi connectivity index (χ0n) is 15.8. The Hall–Kier alpha value is -2.60. The molecule has 3 rings (SSSR count). The third kappa shape index (κ3) is 5.44. The molecule has 1 N–H and O–H groups in total. The predicted molar refractivity (Wildman–Crippen MR) is 109 cm³/mol. The summed E-state index contributed by atoms with van der Waals surface area (Å²) in [7, 11) is 0. The Labute approximate surface area is 163 Å². The number of hydrogen-bond donors (Lipinski definition) is 1. The lowest BCUT2D eigenvalue weighted by atomic mass is 10.1. The van der Waals surface area contributed by atoms with E-state index in [4.69, 9.17) is 4.42 Å². The molecule has 0 atom stereocenters. The summed E-state index contributed by atoms with van der Waals surface area (Å²) in [5.41, 5.74) is 4.30. The second kappa shape index (κ2) is 8.86. The van der Waals surface area contributed by atoms with E-state index in [2.05, 4.69) is 46.7 Å². The maximum absolute atomic E-state index is 12.1. The summed E-state index contributed by atoms with van der Waals surface area (Å²) in [5.74, 6) is 1.19. The first kappa shape index (κ1) is 19.2. The summed E-state index contributed by atoms with van der Waals surface area (Å²) < 4.78 is 5.60. The molecule has 0 aliphatic carbocycles. The van der Waals surface area contributed by atoms with Gasteiger partial charge in [-0.2, -0.15) is 0 Å². The summed E-state index contributed by atoms with van der Waals surface area (Å²) >= 11 is 1.75. The van der Waals surface area contributed by atoms with Crippen molar-refractivity contribution >= 4 is 23.7 Å². The third-order valence-corrected chi connectivity index (χ3v) is 5.23. The Bertz CT molecular complexity index is 919. The van der Waals surface area contributed by atoms with Crippen LogP contribution in [0, 0.1) is 20.8 Å². The van der Waals surface area contributed by atoms with Gasteiger partial charge in [-0.15, -0.1) is 16.9 Å². The first-order valence-electron chi connectivity index (χ1n) is 8.92. The SMILES string of the molecule is Cc1ccc(SCCCC(=O)Nc2nnc(-c3cc(C)ccc3C)o2)cc1. The molecule has 1 heterocycles. The van der Waals surface area contributed by atoms with Crippen LogP contribution in [0.3, 0.4) is 0 Å². The summed E-state index contributed by atoms with van der Waals surface area (Å²) in [6.45, 7) is 6.07. The van der Waals surface area contributed by atoms with Crippen molar-refractivity contribution in [3.8, 4) is 11.5 Å². The first-order valence-corrected chi connectivity index (χ1v) is 9.90. The van der Waals surface area contributed by atoms with Gasteiger partial charge in [0.05, 0.1) is 0 Å². The summed E-state index contributed by atoms with van der Waals surface area (Å²) in [6, 6.07) is 14.6. The number of benzene rings is 2. The van der Waals surface area contributed by atoms with E-state index < -0.39 is 0 Å². The standard InChI is InChI=1S/C21H23N3O2S/c1-14-7-10-17(11-8-14)27-12-4-5-19(25)22-21-24-23-20(26-21)18-13-15(2)6-9-16(18)3/h6-11,13H,4-5,12H2,1-3H3,(H,22,24,25). The molecule has 140 valence electrons. The van der Waals surface area contributed by atoms with Crippen LogP contribution >= 0.6 is 11.8 Å². The summed E-state index contributed by atoms with van der Waals surface area (Å²) in [6.07, 6.45) is 1.20. The Balaban J connectivity index is 1.48. The molecule has 0 radical (unpaired) electrons. The van der Waals surface area contributed by atoms with Gasteiger partial charge in [0.1, 0.15) is 0 Å².